The maximum absolute atomic E-state index is 4.25. The molecule has 5 heteroatoms. The molecule has 19 heavy (non-hydrogen) atoms. The van der Waals surface area contributed by atoms with Crippen LogP contribution in [0.2, 0.25) is 0 Å². The van der Waals surface area contributed by atoms with Crippen molar-refractivity contribution in [1.82, 2.24) is 9.59 Å². The number of aromatic nitrogens is 2. The average Bonchev–Trinajstić information content (AvgIpc) is 2.90. The summed E-state index contributed by atoms with van der Waals surface area (Å²) in [5.74, 6) is 0. The van der Waals surface area contributed by atoms with E-state index >= 15 is 0 Å². The lowest BCUT2D eigenvalue weighted by molar-refractivity contribution is 0.803. The van der Waals surface area contributed by atoms with E-state index in [1.54, 1.807) is 0 Å². The lowest BCUT2D eigenvalue weighted by atomic mass is 10.2. The quantitative estimate of drug-likeness (QED) is 0.841. The third kappa shape index (κ3) is 3.67. The van der Waals surface area contributed by atoms with Crippen LogP contribution in [0.15, 0.2) is 30.3 Å². The van der Waals surface area contributed by atoms with Gasteiger partial charge in [0.05, 0.1) is 6.54 Å². The smallest absolute Gasteiger partial charge is 0.135 e. The van der Waals surface area contributed by atoms with E-state index in [-0.39, 0.29) is 0 Å². The van der Waals surface area contributed by atoms with E-state index in [0.717, 1.165) is 36.8 Å². The zero-order chi connectivity index (χ0) is 13.5. The minimum Gasteiger partial charge on any atom is -0.374 e. The first-order chi connectivity index (χ1) is 9.35. The molecule has 0 aliphatic rings. The predicted octanol–water partition coefficient (Wildman–Crippen LogP) is 3.39. The Bertz CT molecular complexity index is 483. The fourth-order valence-corrected chi connectivity index (χ4v) is 2.49. The highest BCUT2D eigenvalue weighted by Gasteiger charge is 2.12. The van der Waals surface area contributed by atoms with Gasteiger partial charge in [-0.1, -0.05) is 29.6 Å². The Morgan fingerprint density at radius 1 is 1.21 bits per heavy atom. The summed E-state index contributed by atoms with van der Waals surface area (Å²) in [7, 11) is 0. The van der Waals surface area contributed by atoms with Gasteiger partial charge >= 0.3 is 0 Å². The van der Waals surface area contributed by atoms with Crippen molar-refractivity contribution in [3.05, 3.63) is 36.0 Å². The summed E-state index contributed by atoms with van der Waals surface area (Å²) in [6, 6.07) is 10.4. The Labute approximate surface area is 118 Å². The Morgan fingerprint density at radius 3 is 2.68 bits per heavy atom. The van der Waals surface area contributed by atoms with Crippen molar-refractivity contribution in [1.29, 1.82) is 0 Å². The molecule has 2 rings (SSSR count). The van der Waals surface area contributed by atoms with Crippen molar-refractivity contribution in [3.8, 4) is 0 Å². The van der Waals surface area contributed by atoms with Crippen molar-refractivity contribution in [2.45, 2.75) is 26.8 Å². The van der Waals surface area contributed by atoms with Gasteiger partial charge in [0.1, 0.15) is 10.7 Å². The Balaban J connectivity index is 2.08. The molecule has 0 radical (unpaired) electrons. The molecule has 0 atom stereocenters. The highest BCUT2D eigenvalue weighted by Crippen LogP contribution is 2.22. The molecule has 1 heterocycles. The number of hydrogen-bond donors (Lipinski definition) is 1. The van der Waals surface area contributed by atoms with Gasteiger partial charge in [0, 0.05) is 30.3 Å². The molecule has 0 spiro atoms. The summed E-state index contributed by atoms with van der Waals surface area (Å²) in [5.41, 5.74) is 2.25. The molecule has 0 saturated carbocycles. The van der Waals surface area contributed by atoms with Crippen LogP contribution in [0.5, 0.6) is 0 Å². The van der Waals surface area contributed by atoms with Crippen molar-refractivity contribution in [3.63, 3.8) is 0 Å². The number of anilines is 2. The molecule has 0 amide bonds. The minimum atomic E-state index is 0.795. The Hall–Kier alpha value is -1.62. The van der Waals surface area contributed by atoms with E-state index in [0.29, 0.717) is 0 Å². The summed E-state index contributed by atoms with van der Waals surface area (Å²) < 4.78 is 4.06. The first-order valence-electron chi connectivity index (χ1n) is 6.70. The second kappa shape index (κ2) is 7.09. The number of nitrogens with one attached hydrogen (secondary N) is 1. The van der Waals surface area contributed by atoms with E-state index in [1.807, 2.05) is 6.07 Å². The maximum Gasteiger partial charge on any atom is 0.135 e. The molecule has 0 unspecified atom stereocenters. The van der Waals surface area contributed by atoms with E-state index in [2.05, 4.69) is 57.9 Å². The van der Waals surface area contributed by atoms with E-state index < -0.39 is 0 Å². The molecule has 0 saturated heterocycles. The average molecular weight is 276 g/mol. The molecular weight excluding hydrogens is 256 g/mol. The summed E-state index contributed by atoms with van der Waals surface area (Å²) in [6.07, 6.45) is 1.10. The van der Waals surface area contributed by atoms with Gasteiger partial charge in [0.25, 0.3) is 0 Å². The van der Waals surface area contributed by atoms with Gasteiger partial charge in [0.15, 0.2) is 0 Å². The monoisotopic (exact) mass is 276 g/mol. The topological polar surface area (TPSA) is 41.1 Å². The second-order valence-electron chi connectivity index (χ2n) is 4.33. The van der Waals surface area contributed by atoms with Gasteiger partial charge in [-0.2, -0.15) is 0 Å². The molecule has 0 fully saturated rings. The van der Waals surface area contributed by atoms with Gasteiger partial charge < -0.3 is 10.2 Å². The molecule has 2 aromatic rings. The molecule has 4 nitrogen and oxygen atoms in total. The van der Waals surface area contributed by atoms with Gasteiger partial charge in [-0.15, -0.1) is 5.10 Å². The SMILES string of the molecule is CCCNc1snnc1CN(CC)c1ccccc1. The molecule has 1 N–H and O–H groups in total. The van der Waals surface area contributed by atoms with Crippen LogP contribution in [0.4, 0.5) is 10.7 Å². The fraction of sp³-hybridized carbons (Fsp3) is 0.429. The number of rotatable bonds is 7. The van der Waals surface area contributed by atoms with Gasteiger partial charge in [-0.25, -0.2) is 0 Å². The Kier molecular flexibility index (Phi) is 5.15. The Morgan fingerprint density at radius 2 is 2.00 bits per heavy atom. The number of para-hydroxylation sites is 1. The van der Waals surface area contributed by atoms with Gasteiger partial charge in [0.2, 0.25) is 0 Å². The van der Waals surface area contributed by atoms with Crippen LogP contribution >= 0.6 is 11.5 Å². The highest BCUT2D eigenvalue weighted by molar-refractivity contribution is 7.10. The molecule has 0 aliphatic heterocycles. The zero-order valence-electron chi connectivity index (χ0n) is 11.5. The normalized spacial score (nSPS) is 10.4. The van der Waals surface area contributed by atoms with Crippen molar-refractivity contribution >= 4 is 22.2 Å². The lowest BCUT2D eigenvalue weighted by Crippen LogP contribution is -2.22. The highest BCUT2D eigenvalue weighted by atomic mass is 32.1. The summed E-state index contributed by atoms with van der Waals surface area (Å²) in [6.45, 7) is 7.03. The van der Waals surface area contributed by atoms with Crippen LogP contribution in [0, 0.1) is 0 Å². The maximum atomic E-state index is 4.25. The van der Waals surface area contributed by atoms with Crippen molar-refractivity contribution < 1.29 is 0 Å². The number of hydrogen-bond acceptors (Lipinski definition) is 5. The first-order valence-corrected chi connectivity index (χ1v) is 7.47. The lowest BCUT2D eigenvalue weighted by Gasteiger charge is -2.22. The molecule has 1 aromatic heterocycles. The number of nitrogens with zero attached hydrogens (tertiary/aromatic N) is 3. The third-order valence-electron chi connectivity index (χ3n) is 2.93. The molecule has 102 valence electrons. The molecular formula is C14H20N4S. The number of benzene rings is 1. The van der Waals surface area contributed by atoms with Crippen LogP contribution in [0.3, 0.4) is 0 Å². The molecule has 0 aliphatic carbocycles. The largest absolute Gasteiger partial charge is 0.374 e. The summed E-state index contributed by atoms with van der Waals surface area (Å²) in [5, 5.41) is 8.73. The second-order valence-corrected chi connectivity index (χ2v) is 5.08. The van der Waals surface area contributed by atoms with Crippen LogP contribution in [-0.4, -0.2) is 22.7 Å². The summed E-state index contributed by atoms with van der Waals surface area (Å²) >= 11 is 1.44. The van der Waals surface area contributed by atoms with Crippen LogP contribution in [-0.2, 0) is 6.54 Å². The van der Waals surface area contributed by atoms with Crippen LogP contribution in [0.1, 0.15) is 26.0 Å². The van der Waals surface area contributed by atoms with E-state index in [9.17, 15) is 0 Å². The third-order valence-corrected chi connectivity index (χ3v) is 3.66. The molecule has 0 bridgehead atoms. The van der Waals surface area contributed by atoms with Gasteiger partial charge in [-0.3, -0.25) is 0 Å². The van der Waals surface area contributed by atoms with Crippen LogP contribution < -0.4 is 10.2 Å². The van der Waals surface area contributed by atoms with Gasteiger partial charge in [-0.05, 0) is 25.5 Å². The first kappa shape index (κ1) is 13.8. The van der Waals surface area contributed by atoms with Crippen molar-refractivity contribution in [2.24, 2.45) is 0 Å². The zero-order valence-corrected chi connectivity index (χ0v) is 12.3. The summed E-state index contributed by atoms with van der Waals surface area (Å²) in [4.78, 5) is 2.30. The standard InChI is InChI=1S/C14H20N4S/c1-3-10-15-14-13(16-17-19-14)11-18(4-2)12-8-6-5-7-9-12/h5-9,15H,3-4,10-11H2,1-2H3. The minimum absolute atomic E-state index is 0.795. The predicted molar refractivity (Wildman–Crippen MR) is 81.9 cm³/mol. The van der Waals surface area contributed by atoms with E-state index in [4.69, 9.17) is 0 Å². The van der Waals surface area contributed by atoms with Crippen molar-refractivity contribution in [2.75, 3.05) is 23.3 Å². The van der Waals surface area contributed by atoms with E-state index in [1.165, 1.54) is 17.2 Å². The molecule has 1 aromatic carbocycles. The fourth-order valence-electron chi connectivity index (χ4n) is 1.89. The van der Waals surface area contributed by atoms with Crippen LogP contribution in [0.25, 0.3) is 0 Å².